The minimum atomic E-state index is -0.899. The van der Waals surface area contributed by atoms with Crippen molar-refractivity contribution in [2.24, 2.45) is 17.8 Å². The molecule has 6 heteroatoms. The summed E-state index contributed by atoms with van der Waals surface area (Å²) >= 11 is 0. The number of ether oxygens (including phenoxy) is 1. The summed E-state index contributed by atoms with van der Waals surface area (Å²) in [5.74, 6) is -1.70. The first kappa shape index (κ1) is 19.8. The Morgan fingerprint density at radius 2 is 1.71 bits per heavy atom. The van der Waals surface area contributed by atoms with Crippen LogP contribution in [0.2, 0.25) is 0 Å². The molecule has 1 aromatic rings. The third-order valence-electron chi connectivity index (χ3n) is 5.28. The van der Waals surface area contributed by atoms with E-state index in [-0.39, 0.29) is 36.2 Å². The van der Waals surface area contributed by atoms with E-state index in [0.717, 1.165) is 10.5 Å². The number of likely N-dealkylation sites (tertiary alicyclic amines) is 1. The highest BCUT2D eigenvalue weighted by Gasteiger charge is 2.51. The lowest BCUT2D eigenvalue weighted by molar-refractivity contribution is -0.160. The molecular weight excluding hydrogens is 356 g/mol. The van der Waals surface area contributed by atoms with Crippen molar-refractivity contribution in [3.63, 3.8) is 0 Å². The molecule has 2 amide bonds. The molecule has 0 aromatic heterocycles. The monoisotopic (exact) mass is 380 g/mol. The Hall–Kier alpha value is -2.94. The molecule has 0 saturated carbocycles. The molecule has 0 N–H and O–H groups in total. The van der Waals surface area contributed by atoms with Gasteiger partial charge in [-0.2, -0.15) is 5.26 Å². The fraction of sp³-hybridized carbons (Fsp3) is 0.455. The number of fused-ring (bicyclic) bond motifs is 1. The minimum Gasteiger partial charge on any atom is -0.459 e. The molecule has 0 unspecified atom stereocenters. The van der Waals surface area contributed by atoms with E-state index in [4.69, 9.17) is 10.00 Å². The number of hydrogen-bond donors (Lipinski definition) is 0. The van der Waals surface area contributed by atoms with Crippen LogP contribution in [0.5, 0.6) is 0 Å². The van der Waals surface area contributed by atoms with Crippen LogP contribution in [0.1, 0.15) is 44.2 Å². The lowest BCUT2D eigenvalue weighted by Crippen LogP contribution is -2.47. The topological polar surface area (TPSA) is 87.5 Å². The summed E-state index contributed by atoms with van der Waals surface area (Å²) in [6.07, 6.45) is 5.31. The summed E-state index contributed by atoms with van der Waals surface area (Å²) in [4.78, 5) is 39.7. The largest absolute Gasteiger partial charge is 0.459 e. The van der Waals surface area contributed by atoms with Gasteiger partial charge in [-0.15, -0.1) is 0 Å². The van der Waals surface area contributed by atoms with Crippen LogP contribution in [0.4, 0.5) is 0 Å². The fourth-order valence-electron chi connectivity index (χ4n) is 3.81. The molecule has 1 saturated heterocycles. The Morgan fingerprint density at radius 1 is 1.14 bits per heavy atom. The first-order chi connectivity index (χ1) is 13.4. The second-order valence-electron chi connectivity index (χ2n) is 7.76. The van der Waals surface area contributed by atoms with E-state index in [9.17, 15) is 14.4 Å². The van der Waals surface area contributed by atoms with Crippen molar-refractivity contribution in [3.8, 4) is 6.07 Å². The van der Waals surface area contributed by atoms with Crippen molar-refractivity contribution in [2.75, 3.05) is 0 Å². The number of nitrogens with zero attached hydrogens (tertiary/aromatic N) is 2. The van der Waals surface area contributed by atoms with E-state index in [2.05, 4.69) is 0 Å². The third kappa shape index (κ3) is 3.99. The van der Waals surface area contributed by atoms with Gasteiger partial charge in [-0.1, -0.05) is 38.1 Å². The predicted molar refractivity (Wildman–Crippen MR) is 101 cm³/mol. The molecule has 0 spiro atoms. The van der Waals surface area contributed by atoms with Gasteiger partial charge in [-0.25, -0.2) is 4.79 Å². The van der Waals surface area contributed by atoms with Crippen molar-refractivity contribution < 1.29 is 19.1 Å². The number of benzene rings is 1. The Kier molecular flexibility index (Phi) is 5.93. The van der Waals surface area contributed by atoms with Gasteiger partial charge in [0.2, 0.25) is 11.8 Å². The number of hydrogen-bond acceptors (Lipinski definition) is 5. The number of rotatable bonds is 6. The predicted octanol–water partition coefficient (Wildman–Crippen LogP) is 2.97. The minimum absolute atomic E-state index is 0.0315. The van der Waals surface area contributed by atoms with Gasteiger partial charge in [0.15, 0.2) is 0 Å². The van der Waals surface area contributed by atoms with Crippen LogP contribution >= 0.6 is 0 Å². The molecule has 0 radical (unpaired) electrons. The highest BCUT2D eigenvalue weighted by atomic mass is 16.5. The molecule has 0 bridgehead atoms. The summed E-state index contributed by atoms with van der Waals surface area (Å²) in [5, 5.41) is 8.85. The van der Waals surface area contributed by atoms with Crippen LogP contribution in [0.15, 0.2) is 36.4 Å². The Balaban J connectivity index is 1.74. The summed E-state index contributed by atoms with van der Waals surface area (Å²) in [5.41, 5.74) is 1.27. The molecule has 3 atom stereocenters. The molecular formula is C22H24N2O4. The first-order valence-corrected chi connectivity index (χ1v) is 9.60. The second kappa shape index (κ2) is 8.39. The first-order valence-electron chi connectivity index (χ1n) is 9.60. The molecule has 1 fully saturated rings. The van der Waals surface area contributed by atoms with Crippen LogP contribution in [0.25, 0.3) is 0 Å². The van der Waals surface area contributed by atoms with Crippen LogP contribution in [-0.4, -0.2) is 28.7 Å². The molecule has 2 aliphatic rings. The van der Waals surface area contributed by atoms with E-state index >= 15 is 0 Å². The number of allylic oxidation sites excluding steroid dienone is 2. The maximum atomic E-state index is 12.9. The number of esters is 1. The van der Waals surface area contributed by atoms with E-state index in [1.807, 2.05) is 32.1 Å². The standard InChI is InChI=1S/C22H24N2O4/c1-14(2)11-19(22(27)28-13-16-9-7-15(12-23)8-10-16)24-20(25)17-5-3-4-6-18(17)21(24)26/h3-4,7-10,14,17-19H,5-6,11,13H2,1-2H3/t17-,18-,19-/m1/s1. The van der Waals surface area contributed by atoms with Crippen molar-refractivity contribution in [2.45, 2.75) is 45.8 Å². The van der Waals surface area contributed by atoms with Crippen molar-refractivity contribution in [1.29, 1.82) is 5.26 Å². The van der Waals surface area contributed by atoms with E-state index in [1.54, 1.807) is 24.3 Å². The highest BCUT2D eigenvalue weighted by Crippen LogP contribution is 2.37. The van der Waals surface area contributed by atoms with E-state index in [1.165, 1.54) is 0 Å². The summed E-state index contributed by atoms with van der Waals surface area (Å²) in [6, 6.07) is 7.88. The normalized spacial score (nSPS) is 22.1. The molecule has 146 valence electrons. The number of carbonyl (C=O) groups is 3. The van der Waals surface area contributed by atoms with Gasteiger partial charge in [0.25, 0.3) is 0 Å². The number of imide groups is 1. The van der Waals surface area contributed by atoms with Crippen LogP contribution in [0.3, 0.4) is 0 Å². The smallest absolute Gasteiger partial charge is 0.329 e. The summed E-state index contributed by atoms with van der Waals surface area (Å²) in [7, 11) is 0. The average molecular weight is 380 g/mol. The van der Waals surface area contributed by atoms with E-state index < -0.39 is 12.0 Å². The lowest BCUT2D eigenvalue weighted by atomic mass is 9.85. The number of carbonyl (C=O) groups excluding carboxylic acids is 3. The SMILES string of the molecule is CC(C)C[C@H](C(=O)OCc1ccc(C#N)cc1)N1C(=O)[C@@H]2CC=CC[C@H]2C1=O. The zero-order chi connectivity index (χ0) is 20.3. The number of amides is 2. The van der Waals surface area contributed by atoms with Gasteiger partial charge in [0, 0.05) is 0 Å². The van der Waals surface area contributed by atoms with Crippen LogP contribution < -0.4 is 0 Å². The van der Waals surface area contributed by atoms with Crippen molar-refractivity contribution in [3.05, 3.63) is 47.5 Å². The Labute approximate surface area is 164 Å². The lowest BCUT2D eigenvalue weighted by Gasteiger charge is -2.26. The second-order valence-corrected chi connectivity index (χ2v) is 7.76. The highest BCUT2D eigenvalue weighted by molar-refractivity contribution is 6.08. The molecule has 1 aromatic carbocycles. The summed E-state index contributed by atoms with van der Waals surface area (Å²) in [6.45, 7) is 3.92. The van der Waals surface area contributed by atoms with Crippen LogP contribution in [0, 0.1) is 29.1 Å². The van der Waals surface area contributed by atoms with Gasteiger partial charge < -0.3 is 4.74 Å². The zero-order valence-corrected chi connectivity index (χ0v) is 16.1. The average Bonchev–Trinajstić information content (AvgIpc) is 2.95. The van der Waals surface area contributed by atoms with Gasteiger partial charge in [0.05, 0.1) is 23.5 Å². The molecule has 1 aliphatic heterocycles. The molecule has 6 nitrogen and oxygen atoms in total. The van der Waals surface area contributed by atoms with Gasteiger partial charge in [-0.3, -0.25) is 14.5 Å². The quantitative estimate of drug-likeness (QED) is 0.430. The van der Waals surface area contributed by atoms with E-state index in [0.29, 0.717) is 24.8 Å². The zero-order valence-electron chi connectivity index (χ0n) is 16.1. The molecule has 3 rings (SSSR count). The van der Waals surface area contributed by atoms with Gasteiger partial charge >= 0.3 is 5.97 Å². The summed E-state index contributed by atoms with van der Waals surface area (Å²) < 4.78 is 5.44. The maximum Gasteiger partial charge on any atom is 0.329 e. The Morgan fingerprint density at radius 3 is 2.21 bits per heavy atom. The Bertz CT molecular complexity index is 809. The maximum absolute atomic E-state index is 12.9. The molecule has 1 aliphatic carbocycles. The van der Waals surface area contributed by atoms with Crippen LogP contribution in [-0.2, 0) is 25.7 Å². The molecule has 1 heterocycles. The fourth-order valence-corrected chi connectivity index (χ4v) is 3.81. The van der Waals surface area contributed by atoms with Crippen molar-refractivity contribution >= 4 is 17.8 Å². The van der Waals surface area contributed by atoms with Crippen molar-refractivity contribution in [1.82, 2.24) is 4.90 Å². The van der Waals surface area contributed by atoms with Gasteiger partial charge in [-0.05, 0) is 42.9 Å². The third-order valence-corrected chi connectivity index (χ3v) is 5.28. The van der Waals surface area contributed by atoms with Gasteiger partial charge in [0.1, 0.15) is 12.6 Å². The number of nitriles is 1. The molecule has 28 heavy (non-hydrogen) atoms.